The number of likely N-dealkylation sites (N-methyl/N-ethyl adjacent to an activating group) is 1. The van der Waals surface area contributed by atoms with Crippen molar-refractivity contribution in [3.05, 3.63) is 0 Å². The monoisotopic (exact) mass is 230 g/mol. The van der Waals surface area contributed by atoms with Crippen molar-refractivity contribution >= 4 is 11.8 Å². The van der Waals surface area contributed by atoms with Gasteiger partial charge in [0.25, 0.3) is 0 Å². The van der Waals surface area contributed by atoms with Gasteiger partial charge in [0.15, 0.2) is 0 Å². The second-order valence-corrected chi connectivity index (χ2v) is 6.44. The molecule has 90 valence electrons. The standard InChI is InChI=1S/C12H26N2S/c1-10(2)11(3)13-8-12(14(4)5)6-7-15-9-12/h10-11,13H,6-9H2,1-5H3. The van der Waals surface area contributed by atoms with E-state index in [2.05, 4.69) is 56.8 Å². The molecule has 2 atom stereocenters. The molecule has 0 radical (unpaired) electrons. The lowest BCUT2D eigenvalue weighted by Crippen LogP contribution is -2.53. The Bertz CT molecular complexity index is 186. The van der Waals surface area contributed by atoms with Crippen LogP contribution in [0.4, 0.5) is 0 Å². The summed E-state index contributed by atoms with van der Waals surface area (Å²) >= 11 is 2.09. The normalized spacial score (nSPS) is 29.0. The molecule has 0 amide bonds. The Hall–Kier alpha value is 0.270. The molecule has 0 aliphatic carbocycles. The summed E-state index contributed by atoms with van der Waals surface area (Å²) in [6.07, 6.45) is 1.32. The lowest BCUT2D eigenvalue weighted by atomic mass is 9.96. The van der Waals surface area contributed by atoms with E-state index in [1.807, 2.05) is 0 Å². The Labute approximate surface area is 99.2 Å². The SMILES string of the molecule is CC(C)C(C)NCC1(N(C)C)CCSC1. The first kappa shape index (κ1) is 13.3. The quantitative estimate of drug-likeness (QED) is 0.778. The van der Waals surface area contributed by atoms with E-state index in [4.69, 9.17) is 0 Å². The molecule has 1 saturated heterocycles. The van der Waals surface area contributed by atoms with Gasteiger partial charge in [0, 0.05) is 23.9 Å². The molecule has 1 rings (SSSR count). The van der Waals surface area contributed by atoms with Crippen LogP contribution in [-0.2, 0) is 0 Å². The van der Waals surface area contributed by atoms with E-state index in [0.29, 0.717) is 11.6 Å². The van der Waals surface area contributed by atoms with E-state index in [9.17, 15) is 0 Å². The Morgan fingerprint density at radius 2 is 2.00 bits per heavy atom. The van der Waals surface area contributed by atoms with Crippen LogP contribution in [0.2, 0.25) is 0 Å². The number of hydrogen-bond donors (Lipinski definition) is 1. The van der Waals surface area contributed by atoms with Gasteiger partial charge in [-0.05, 0) is 39.1 Å². The first-order chi connectivity index (χ1) is 6.98. The van der Waals surface area contributed by atoms with Crippen molar-refractivity contribution in [3.8, 4) is 0 Å². The molecule has 1 heterocycles. The molecule has 0 aromatic rings. The van der Waals surface area contributed by atoms with Gasteiger partial charge in [-0.25, -0.2) is 0 Å². The molecule has 1 aliphatic rings. The summed E-state index contributed by atoms with van der Waals surface area (Å²) in [7, 11) is 4.43. The second kappa shape index (κ2) is 5.55. The van der Waals surface area contributed by atoms with Crippen LogP contribution in [0, 0.1) is 5.92 Å². The Morgan fingerprint density at radius 3 is 2.40 bits per heavy atom. The molecule has 15 heavy (non-hydrogen) atoms. The van der Waals surface area contributed by atoms with Crippen LogP contribution in [0.15, 0.2) is 0 Å². The molecule has 1 fully saturated rings. The van der Waals surface area contributed by atoms with Gasteiger partial charge in [0.05, 0.1) is 0 Å². The van der Waals surface area contributed by atoms with E-state index in [1.54, 1.807) is 0 Å². The highest BCUT2D eigenvalue weighted by molar-refractivity contribution is 7.99. The van der Waals surface area contributed by atoms with Crippen LogP contribution in [0.3, 0.4) is 0 Å². The maximum Gasteiger partial charge on any atom is 0.0425 e. The topological polar surface area (TPSA) is 15.3 Å². The summed E-state index contributed by atoms with van der Waals surface area (Å²) in [5, 5.41) is 3.69. The minimum absolute atomic E-state index is 0.397. The van der Waals surface area contributed by atoms with Gasteiger partial charge in [-0.2, -0.15) is 11.8 Å². The molecular formula is C12H26N2S. The highest BCUT2D eigenvalue weighted by Crippen LogP contribution is 2.31. The minimum atomic E-state index is 0.397. The second-order valence-electron chi connectivity index (χ2n) is 5.33. The third-order valence-electron chi connectivity index (χ3n) is 3.78. The van der Waals surface area contributed by atoms with E-state index in [1.165, 1.54) is 17.9 Å². The van der Waals surface area contributed by atoms with E-state index in [-0.39, 0.29) is 0 Å². The number of nitrogens with one attached hydrogen (secondary N) is 1. The number of rotatable bonds is 5. The number of thioether (sulfide) groups is 1. The maximum absolute atomic E-state index is 3.69. The van der Waals surface area contributed by atoms with Gasteiger partial charge in [-0.15, -0.1) is 0 Å². The molecule has 1 N–H and O–H groups in total. The van der Waals surface area contributed by atoms with Gasteiger partial charge >= 0.3 is 0 Å². The molecule has 3 heteroatoms. The predicted octanol–water partition coefficient (Wildman–Crippen LogP) is 2.06. The largest absolute Gasteiger partial charge is 0.312 e. The molecule has 0 aromatic heterocycles. The highest BCUT2D eigenvalue weighted by atomic mass is 32.2. The van der Waals surface area contributed by atoms with Crippen molar-refractivity contribution in [2.45, 2.75) is 38.8 Å². The van der Waals surface area contributed by atoms with Crippen LogP contribution >= 0.6 is 11.8 Å². The van der Waals surface area contributed by atoms with E-state index in [0.717, 1.165) is 12.5 Å². The van der Waals surface area contributed by atoms with Crippen molar-refractivity contribution < 1.29 is 0 Å². The average Bonchev–Trinajstić information content (AvgIpc) is 2.63. The summed E-state index contributed by atoms with van der Waals surface area (Å²) in [6.45, 7) is 7.98. The van der Waals surface area contributed by atoms with Gasteiger partial charge in [-0.1, -0.05) is 13.8 Å². The van der Waals surface area contributed by atoms with Gasteiger partial charge in [0.1, 0.15) is 0 Å². The van der Waals surface area contributed by atoms with Crippen LogP contribution in [0.25, 0.3) is 0 Å². The fourth-order valence-corrected chi connectivity index (χ4v) is 3.39. The fourth-order valence-electron chi connectivity index (χ4n) is 1.83. The number of nitrogens with zero attached hydrogens (tertiary/aromatic N) is 1. The van der Waals surface area contributed by atoms with Crippen molar-refractivity contribution in [1.82, 2.24) is 10.2 Å². The minimum Gasteiger partial charge on any atom is -0.312 e. The smallest absolute Gasteiger partial charge is 0.0425 e. The van der Waals surface area contributed by atoms with Crippen molar-refractivity contribution in [1.29, 1.82) is 0 Å². The average molecular weight is 230 g/mol. The van der Waals surface area contributed by atoms with Crippen LogP contribution in [-0.4, -0.2) is 48.6 Å². The van der Waals surface area contributed by atoms with E-state index < -0.39 is 0 Å². The summed E-state index contributed by atoms with van der Waals surface area (Å²) in [4.78, 5) is 2.41. The molecule has 2 nitrogen and oxygen atoms in total. The van der Waals surface area contributed by atoms with Gasteiger partial charge < -0.3 is 10.2 Å². The Balaban J connectivity index is 2.46. The first-order valence-electron chi connectivity index (χ1n) is 5.96. The summed E-state index contributed by atoms with van der Waals surface area (Å²) in [6, 6.07) is 0.618. The number of hydrogen-bond acceptors (Lipinski definition) is 3. The lowest BCUT2D eigenvalue weighted by Gasteiger charge is -2.37. The van der Waals surface area contributed by atoms with Crippen LogP contribution < -0.4 is 5.32 Å². The van der Waals surface area contributed by atoms with Gasteiger partial charge in [-0.3, -0.25) is 0 Å². The van der Waals surface area contributed by atoms with Gasteiger partial charge in [0.2, 0.25) is 0 Å². The highest BCUT2D eigenvalue weighted by Gasteiger charge is 2.36. The molecule has 0 spiro atoms. The third-order valence-corrected chi connectivity index (χ3v) is 5.02. The summed E-state index contributed by atoms with van der Waals surface area (Å²) < 4.78 is 0. The third kappa shape index (κ3) is 3.36. The zero-order chi connectivity index (χ0) is 11.5. The van der Waals surface area contributed by atoms with Crippen LogP contribution in [0.1, 0.15) is 27.2 Å². The summed E-state index contributed by atoms with van der Waals surface area (Å²) in [5.74, 6) is 3.31. The predicted molar refractivity (Wildman–Crippen MR) is 70.7 cm³/mol. The molecule has 0 aromatic carbocycles. The lowest BCUT2D eigenvalue weighted by molar-refractivity contribution is 0.167. The van der Waals surface area contributed by atoms with Crippen LogP contribution in [0.5, 0.6) is 0 Å². The molecule has 1 aliphatic heterocycles. The fraction of sp³-hybridized carbons (Fsp3) is 1.00. The molecule has 0 saturated carbocycles. The van der Waals surface area contributed by atoms with E-state index >= 15 is 0 Å². The zero-order valence-corrected chi connectivity index (χ0v) is 11.7. The zero-order valence-electron chi connectivity index (χ0n) is 10.8. The van der Waals surface area contributed by atoms with Crippen molar-refractivity contribution in [3.63, 3.8) is 0 Å². The molecular weight excluding hydrogens is 204 g/mol. The Kier molecular flexibility index (Phi) is 4.94. The molecule has 0 bridgehead atoms. The van der Waals surface area contributed by atoms with Crippen molar-refractivity contribution in [2.75, 3.05) is 32.1 Å². The Morgan fingerprint density at radius 1 is 1.33 bits per heavy atom. The summed E-state index contributed by atoms with van der Waals surface area (Å²) in [5.41, 5.74) is 0.397. The first-order valence-corrected chi connectivity index (χ1v) is 7.12. The maximum atomic E-state index is 3.69. The van der Waals surface area contributed by atoms with Crippen molar-refractivity contribution in [2.24, 2.45) is 5.92 Å². The molecule has 2 unspecified atom stereocenters.